The fourth-order valence-electron chi connectivity index (χ4n) is 7.30. The van der Waals surface area contributed by atoms with Crippen molar-refractivity contribution in [2.24, 2.45) is 5.73 Å². The first kappa shape index (κ1) is 36.4. The van der Waals surface area contributed by atoms with E-state index in [2.05, 4.69) is 52.8 Å². The third kappa shape index (κ3) is 9.36. The van der Waals surface area contributed by atoms with Gasteiger partial charge >= 0.3 is 7.82 Å². The molecule has 8 nitrogen and oxygen atoms in total. The van der Waals surface area contributed by atoms with Gasteiger partial charge in [-0.3, -0.25) is 9.05 Å². The zero-order chi connectivity index (χ0) is 32.6. The highest BCUT2D eigenvalue weighted by atomic mass is 31.2. The zero-order valence-corrected chi connectivity index (χ0v) is 29.6. The van der Waals surface area contributed by atoms with Gasteiger partial charge in [-0.15, -0.1) is 0 Å². The molecule has 0 bridgehead atoms. The summed E-state index contributed by atoms with van der Waals surface area (Å²) in [6.45, 7) is 11.1. The van der Waals surface area contributed by atoms with Gasteiger partial charge in [0.1, 0.15) is 22.7 Å². The molecule has 3 aliphatic rings. The quantitative estimate of drug-likeness (QED) is 0.0701. The van der Waals surface area contributed by atoms with E-state index in [4.69, 9.17) is 29.0 Å². The number of unbranched alkanes of at least 4 members (excludes halogenated alkanes) is 6. The fourth-order valence-corrected chi connectivity index (χ4v) is 8.44. The number of nitrogens with two attached hydrogens (primary N) is 1. The molecule has 0 spiro atoms. The number of ether oxygens (including phenoxy) is 3. The van der Waals surface area contributed by atoms with Crippen LogP contribution in [0.25, 0.3) is 0 Å². The van der Waals surface area contributed by atoms with Gasteiger partial charge in [-0.1, -0.05) is 83.3 Å². The van der Waals surface area contributed by atoms with E-state index in [0.717, 1.165) is 101 Å². The first-order chi connectivity index (χ1) is 21.4. The Balaban J connectivity index is 1.48. The summed E-state index contributed by atoms with van der Waals surface area (Å²) >= 11 is 0. The highest BCUT2D eigenvalue weighted by molar-refractivity contribution is 7.47. The van der Waals surface area contributed by atoms with Crippen LogP contribution in [-0.2, 0) is 24.8 Å². The third-order valence-electron chi connectivity index (χ3n) is 10.2. The van der Waals surface area contributed by atoms with Crippen LogP contribution in [0.5, 0.6) is 11.5 Å². The van der Waals surface area contributed by atoms with Gasteiger partial charge in [0.15, 0.2) is 6.79 Å². The second-order valence-corrected chi connectivity index (χ2v) is 15.6. The molecule has 1 aromatic carbocycles. The summed E-state index contributed by atoms with van der Waals surface area (Å²) in [4.78, 5) is 10.6. The minimum Gasteiger partial charge on any atom is -0.485 e. The summed E-state index contributed by atoms with van der Waals surface area (Å²) in [6, 6.07) is 4.30. The lowest BCUT2D eigenvalue weighted by atomic mass is 9.62. The number of fused-ring (bicyclic) bond motifs is 3. The van der Waals surface area contributed by atoms with Crippen molar-refractivity contribution >= 4 is 7.82 Å². The molecule has 9 heteroatoms. The topological polar surface area (TPSA) is 109 Å². The smallest absolute Gasteiger partial charge is 0.472 e. The molecule has 1 aliphatic heterocycles. The van der Waals surface area contributed by atoms with Crippen LogP contribution >= 0.6 is 7.82 Å². The molecule has 0 amide bonds. The number of aryl methyl sites for hydroxylation is 1. The van der Waals surface area contributed by atoms with Gasteiger partial charge in [-0.25, -0.2) is 4.57 Å². The van der Waals surface area contributed by atoms with Crippen LogP contribution < -0.4 is 15.2 Å². The summed E-state index contributed by atoms with van der Waals surface area (Å²) < 4.78 is 43.5. The maximum Gasteiger partial charge on any atom is 0.472 e. The lowest BCUT2D eigenvalue weighted by Crippen LogP contribution is -2.66. The molecule has 0 radical (unpaired) electrons. The van der Waals surface area contributed by atoms with Crippen LogP contribution in [0.15, 0.2) is 23.8 Å². The number of allylic oxidation sites excluding steroid dienone is 1. The number of phosphoric ester groups is 1. The van der Waals surface area contributed by atoms with E-state index in [0.29, 0.717) is 12.8 Å². The molecule has 3 N–H and O–H groups in total. The van der Waals surface area contributed by atoms with E-state index in [-0.39, 0.29) is 25.9 Å². The fraction of sp³-hybridized carbons (Fsp3) is 0.778. The average Bonchev–Trinajstić information content (AvgIpc) is 2.98. The maximum absolute atomic E-state index is 13.0. The van der Waals surface area contributed by atoms with Gasteiger partial charge < -0.3 is 24.8 Å². The van der Waals surface area contributed by atoms with Crippen molar-refractivity contribution in [3.63, 3.8) is 0 Å². The van der Waals surface area contributed by atoms with Crippen LogP contribution in [-0.4, -0.2) is 41.6 Å². The Morgan fingerprint density at radius 3 is 2.44 bits per heavy atom. The summed E-state index contributed by atoms with van der Waals surface area (Å²) in [5.41, 5.74) is 8.68. The number of hydrogen-bond acceptors (Lipinski definition) is 7. The molecule has 2 unspecified atom stereocenters. The van der Waals surface area contributed by atoms with E-state index < -0.39 is 24.6 Å². The van der Waals surface area contributed by atoms with Crippen molar-refractivity contribution in [2.75, 3.05) is 20.0 Å². The Morgan fingerprint density at radius 2 is 1.71 bits per heavy atom. The summed E-state index contributed by atoms with van der Waals surface area (Å²) in [6.07, 6.45) is 17.8. The molecular weight excluding hydrogens is 589 g/mol. The Kier molecular flexibility index (Phi) is 13.1. The first-order valence-corrected chi connectivity index (χ1v) is 19.1. The van der Waals surface area contributed by atoms with Gasteiger partial charge in [-0.05, 0) is 83.4 Å². The molecule has 4 rings (SSSR count). The van der Waals surface area contributed by atoms with E-state index in [9.17, 15) is 9.46 Å². The van der Waals surface area contributed by atoms with Crippen molar-refractivity contribution < 1.29 is 32.7 Å². The van der Waals surface area contributed by atoms with E-state index in [1.807, 2.05) is 0 Å². The number of rotatable bonds is 18. The van der Waals surface area contributed by atoms with Crippen LogP contribution in [0.2, 0.25) is 0 Å². The first-order valence-electron chi connectivity index (χ1n) is 17.6. The second kappa shape index (κ2) is 16.1. The molecule has 3 atom stereocenters. The van der Waals surface area contributed by atoms with Gasteiger partial charge in [0.25, 0.3) is 0 Å². The van der Waals surface area contributed by atoms with Gasteiger partial charge in [0.2, 0.25) is 0 Å². The Hall–Kier alpha value is -1.41. The maximum atomic E-state index is 13.0. The van der Waals surface area contributed by atoms with Crippen molar-refractivity contribution in [1.29, 1.82) is 0 Å². The average molecular weight is 650 g/mol. The molecule has 2 aliphatic carbocycles. The predicted octanol–water partition coefficient (Wildman–Crippen LogP) is 9.27. The molecular formula is C36H60NO7P. The largest absolute Gasteiger partial charge is 0.485 e. The Bertz CT molecular complexity index is 1180. The monoisotopic (exact) mass is 649 g/mol. The summed E-state index contributed by atoms with van der Waals surface area (Å²) in [5.74, 6) is 1.52. The normalized spacial score (nSPS) is 25.0. The molecule has 0 aromatic heterocycles. The van der Waals surface area contributed by atoms with Crippen LogP contribution in [0.4, 0.5) is 0 Å². The minimum absolute atomic E-state index is 0.0135. The summed E-state index contributed by atoms with van der Waals surface area (Å²) in [5, 5.41) is 0. The molecule has 0 saturated heterocycles. The SMILES string of the molecule is CCCCCCCOP(=O)(O)OC1(COCOc2cc(CCCCC)cc3c2C2C=C(C)CC[C@@]2(N)C(C)(C)O3)CCCCC1. The number of hydrogen-bond donors (Lipinski definition) is 2. The third-order valence-corrected chi connectivity index (χ3v) is 11.3. The van der Waals surface area contributed by atoms with E-state index in [1.165, 1.54) is 17.6 Å². The van der Waals surface area contributed by atoms with Crippen molar-refractivity contribution in [1.82, 2.24) is 0 Å². The zero-order valence-electron chi connectivity index (χ0n) is 28.7. The van der Waals surface area contributed by atoms with Crippen LogP contribution in [0.1, 0.15) is 148 Å². The predicted molar refractivity (Wildman–Crippen MR) is 180 cm³/mol. The standard InChI is InChI=1S/C36H60NO7P/c1-6-8-10-11-16-22-42-45(38,39)44-35(19-14-12-15-20-35)26-40-27-41-31-24-29(17-13-9-7-2)25-32-33(31)30-23-28(3)18-21-36(30,37)34(4,5)43-32/h23-25,30H,6-22,26-27,37H2,1-5H3,(H,38,39)/t30?,36-/m0/s1. The van der Waals surface area contributed by atoms with Crippen LogP contribution in [0.3, 0.4) is 0 Å². The van der Waals surface area contributed by atoms with Crippen LogP contribution in [0, 0.1) is 0 Å². The van der Waals surface area contributed by atoms with Crippen molar-refractivity contribution in [2.45, 2.75) is 160 Å². The van der Waals surface area contributed by atoms with E-state index in [1.54, 1.807) is 0 Å². The Morgan fingerprint density at radius 1 is 1.00 bits per heavy atom. The number of benzene rings is 1. The van der Waals surface area contributed by atoms with Gasteiger partial charge in [0.05, 0.1) is 18.8 Å². The van der Waals surface area contributed by atoms with Crippen molar-refractivity contribution in [3.05, 3.63) is 34.9 Å². The Labute approximate surface area is 272 Å². The van der Waals surface area contributed by atoms with Crippen molar-refractivity contribution in [3.8, 4) is 11.5 Å². The molecule has 45 heavy (non-hydrogen) atoms. The lowest BCUT2D eigenvalue weighted by Gasteiger charge is -2.54. The highest BCUT2D eigenvalue weighted by Gasteiger charge is 2.55. The highest BCUT2D eigenvalue weighted by Crippen LogP contribution is 2.55. The lowest BCUT2D eigenvalue weighted by molar-refractivity contribution is -0.0959. The molecule has 256 valence electrons. The molecule has 1 aromatic rings. The van der Waals surface area contributed by atoms with E-state index >= 15 is 0 Å². The van der Waals surface area contributed by atoms with Gasteiger partial charge in [0, 0.05) is 11.5 Å². The molecule has 1 heterocycles. The molecule has 1 saturated carbocycles. The molecule has 1 fully saturated rings. The van der Waals surface area contributed by atoms with Gasteiger partial charge in [-0.2, -0.15) is 0 Å². The summed E-state index contributed by atoms with van der Waals surface area (Å²) in [7, 11) is -4.22. The second-order valence-electron chi connectivity index (χ2n) is 14.3. The minimum atomic E-state index is -4.22. The number of phosphoric acid groups is 1.